The number of rotatable bonds is 3. The number of nitrogens with two attached hydrogens (primary N) is 1. The normalized spacial score (nSPS) is 12.4. The highest BCUT2D eigenvalue weighted by atomic mass is 32.2. The van der Waals surface area contributed by atoms with E-state index < -0.39 is 22.4 Å². The van der Waals surface area contributed by atoms with Gasteiger partial charge >= 0.3 is 0 Å². The third-order valence-corrected chi connectivity index (χ3v) is 3.79. The highest BCUT2D eigenvalue weighted by molar-refractivity contribution is 7.85. The molecular weight excluding hydrogens is 256 g/mol. The summed E-state index contributed by atoms with van der Waals surface area (Å²) in [4.78, 5) is 0.588. The summed E-state index contributed by atoms with van der Waals surface area (Å²) in [5.74, 6) is -1.48. The van der Waals surface area contributed by atoms with Gasteiger partial charge in [-0.2, -0.15) is 0 Å². The SMILES string of the molecule is NCc1ccc(S(=O)c2cc(F)cc(F)c2)cc1. The van der Waals surface area contributed by atoms with Crippen molar-refractivity contribution in [1.29, 1.82) is 0 Å². The molecule has 2 aromatic rings. The van der Waals surface area contributed by atoms with Crippen molar-refractivity contribution in [2.45, 2.75) is 16.3 Å². The van der Waals surface area contributed by atoms with Gasteiger partial charge in [-0.1, -0.05) is 12.1 Å². The Balaban J connectivity index is 2.34. The Kier molecular flexibility index (Phi) is 3.84. The van der Waals surface area contributed by atoms with E-state index in [1.54, 1.807) is 24.3 Å². The topological polar surface area (TPSA) is 43.1 Å². The second-order valence-corrected chi connectivity index (χ2v) is 5.20. The van der Waals surface area contributed by atoms with E-state index in [1.807, 2.05) is 0 Å². The van der Waals surface area contributed by atoms with Crippen LogP contribution in [0.5, 0.6) is 0 Å². The second kappa shape index (κ2) is 5.37. The van der Waals surface area contributed by atoms with Crippen molar-refractivity contribution in [3.63, 3.8) is 0 Å². The molecule has 2 N–H and O–H groups in total. The molecule has 2 aromatic carbocycles. The van der Waals surface area contributed by atoms with E-state index in [1.165, 1.54) is 0 Å². The van der Waals surface area contributed by atoms with Crippen LogP contribution in [0.2, 0.25) is 0 Å². The minimum atomic E-state index is -1.60. The molecule has 0 spiro atoms. The largest absolute Gasteiger partial charge is 0.326 e. The molecule has 0 bridgehead atoms. The van der Waals surface area contributed by atoms with Crippen LogP contribution in [0.25, 0.3) is 0 Å². The summed E-state index contributed by atoms with van der Waals surface area (Å²) in [5, 5.41) is 0. The van der Waals surface area contributed by atoms with Crippen molar-refractivity contribution < 1.29 is 13.0 Å². The first kappa shape index (κ1) is 12.9. The minimum Gasteiger partial charge on any atom is -0.326 e. The Labute approximate surface area is 106 Å². The van der Waals surface area contributed by atoms with Gasteiger partial charge in [0, 0.05) is 22.4 Å². The molecule has 0 fully saturated rings. The molecule has 0 aliphatic heterocycles. The Morgan fingerprint density at radius 2 is 1.50 bits per heavy atom. The summed E-state index contributed by atoms with van der Waals surface area (Å²) in [6, 6.07) is 9.64. The van der Waals surface area contributed by atoms with Crippen molar-refractivity contribution >= 4 is 10.8 Å². The van der Waals surface area contributed by atoms with Crippen molar-refractivity contribution in [2.24, 2.45) is 5.73 Å². The van der Waals surface area contributed by atoms with Crippen LogP contribution in [-0.4, -0.2) is 4.21 Å². The van der Waals surface area contributed by atoms with Crippen molar-refractivity contribution in [3.05, 3.63) is 59.7 Å². The van der Waals surface area contributed by atoms with Gasteiger partial charge in [0.2, 0.25) is 0 Å². The summed E-state index contributed by atoms with van der Waals surface area (Å²) in [7, 11) is -1.60. The molecular formula is C13H11F2NOS. The lowest BCUT2D eigenvalue weighted by atomic mass is 10.2. The Morgan fingerprint density at radius 3 is 2.00 bits per heavy atom. The van der Waals surface area contributed by atoms with Crippen LogP contribution >= 0.6 is 0 Å². The maximum atomic E-state index is 13.0. The smallest absolute Gasteiger partial charge is 0.127 e. The summed E-state index contributed by atoms with van der Waals surface area (Å²) in [6.07, 6.45) is 0. The molecule has 18 heavy (non-hydrogen) atoms. The van der Waals surface area contributed by atoms with Gasteiger partial charge in [-0.15, -0.1) is 0 Å². The molecule has 0 radical (unpaired) electrons. The molecule has 1 atom stereocenters. The van der Waals surface area contributed by atoms with Crippen LogP contribution < -0.4 is 5.73 Å². The van der Waals surface area contributed by atoms with Crippen LogP contribution in [0.4, 0.5) is 8.78 Å². The van der Waals surface area contributed by atoms with E-state index in [0.717, 1.165) is 23.8 Å². The summed E-state index contributed by atoms with van der Waals surface area (Å²) in [5.41, 5.74) is 6.36. The molecule has 0 heterocycles. The number of hydrogen-bond donors (Lipinski definition) is 1. The molecule has 0 aliphatic carbocycles. The maximum absolute atomic E-state index is 13.0. The fourth-order valence-electron chi connectivity index (χ4n) is 1.52. The average molecular weight is 267 g/mol. The average Bonchev–Trinajstić information content (AvgIpc) is 2.37. The van der Waals surface area contributed by atoms with Gasteiger partial charge in [0.1, 0.15) is 11.6 Å². The van der Waals surface area contributed by atoms with Gasteiger partial charge in [0.05, 0.1) is 10.8 Å². The zero-order valence-corrected chi connectivity index (χ0v) is 10.2. The number of hydrogen-bond acceptors (Lipinski definition) is 2. The fourth-order valence-corrected chi connectivity index (χ4v) is 2.62. The maximum Gasteiger partial charge on any atom is 0.127 e. The van der Waals surface area contributed by atoms with Crippen LogP contribution in [0.15, 0.2) is 52.3 Å². The van der Waals surface area contributed by atoms with Gasteiger partial charge in [-0.3, -0.25) is 0 Å². The molecule has 1 unspecified atom stereocenters. The zero-order valence-electron chi connectivity index (χ0n) is 9.40. The monoisotopic (exact) mass is 267 g/mol. The minimum absolute atomic E-state index is 0.105. The number of benzene rings is 2. The van der Waals surface area contributed by atoms with Crippen molar-refractivity contribution in [3.8, 4) is 0 Å². The van der Waals surface area contributed by atoms with Gasteiger partial charge in [-0.25, -0.2) is 13.0 Å². The third kappa shape index (κ3) is 2.80. The first-order valence-electron chi connectivity index (χ1n) is 5.27. The predicted molar refractivity (Wildman–Crippen MR) is 65.4 cm³/mol. The lowest BCUT2D eigenvalue weighted by Gasteiger charge is -2.04. The van der Waals surface area contributed by atoms with E-state index >= 15 is 0 Å². The summed E-state index contributed by atoms with van der Waals surface area (Å²) < 4.78 is 38.2. The van der Waals surface area contributed by atoms with E-state index in [9.17, 15) is 13.0 Å². The Hall–Kier alpha value is -1.59. The van der Waals surface area contributed by atoms with Crippen LogP contribution in [0.3, 0.4) is 0 Å². The predicted octanol–water partition coefficient (Wildman–Crippen LogP) is 2.59. The van der Waals surface area contributed by atoms with E-state index in [-0.39, 0.29) is 4.90 Å². The molecule has 0 saturated heterocycles. The molecule has 2 nitrogen and oxygen atoms in total. The van der Waals surface area contributed by atoms with Gasteiger partial charge in [0.25, 0.3) is 0 Å². The van der Waals surface area contributed by atoms with Crippen molar-refractivity contribution in [2.75, 3.05) is 0 Å². The third-order valence-electron chi connectivity index (χ3n) is 2.42. The lowest BCUT2D eigenvalue weighted by molar-refractivity contribution is 0.576. The van der Waals surface area contributed by atoms with Gasteiger partial charge in [-0.05, 0) is 29.8 Å². The van der Waals surface area contributed by atoms with Crippen molar-refractivity contribution in [1.82, 2.24) is 0 Å². The fraction of sp³-hybridized carbons (Fsp3) is 0.0769. The van der Waals surface area contributed by atoms with E-state index in [0.29, 0.717) is 11.4 Å². The molecule has 0 saturated carbocycles. The molecule has 0 aliphatic rings. The zero-order chi connectivity index (χ0) is 13.1. The molecule has 5 heteroatoms. The first-order chi connectivity index (χ1) is 8.60. The molecule has 0 amide bonds. The standard InChI is InChI=1S/C13H11F2NOS/c14-10-5-11(15)7-13(6-10)18(17)12-3-1-9(8-16)2-4-12/h1-7H,8,16H2. The highest BCUT2D eigenvalue weighted by Crippen LogP contribution is 2.19. The van der Waals surface area contributed by atoms with Crippen LogP contribution in [0, 0.1) is 11.6 Å². The summed E-state index contributed by atoms with van der Waals surface area (Å²) in [6.45, 7) is 0.390. The molecule has 0 aromatic heterocycles. The van der Waals surface area contributed by atoms with E-state index in [2.05, 4.69) is 0 Å². The first-order valence-corrected chi connectivity index (χ1v) is 6.42. The summed E-state index contributed by atoms with van der Waals surface area (Å²) >= 11 is 0. The quantitative estimate of drug-likeness (QED) is 0.928. The number of halogens is 2. The second-order valence-electron chi connectivity index (χ2n) is 3.72. The Bertz CT molecular complexity index is 564. The highest BCUT2D eigenvalue weighted by Gasteiger charge is 2.10. The molecule has 94 valence electrons. The molecule has 2 rings (SSSR count). The Morgan fingerprint density at radius 1 is 0.944 bits per heavy atom. The van der Waals surface area contributed by atoms with E-state index in [4.69, 9.17) is 5.73 Å². The lowest BCUT2D eigenvalue weighted by Crippen LogP contribution is -1.98. The van der Waals surface area contributed by atoms with Gasteiger partial charge < -0.3 is 5.73 Å². The van der Waals surface area contributed by atoms with Gasteiger partial charge in [0.15, 0.2) is 0 Å². The van der Waals surface area contributed by atoms with Crippen LogP contribution in [0.1, 0.15) is 5.56 Å². The van der Waals surface area contributed by atoms with Crippen LogP contribution in [-0.2, 0) is 17.3 Å².